The van der Waals surface area contributed by atoms with Gasteiger partial charge in [-0.2, -0.15) is 0 Å². The van der Waals surface area contributed by atoms with E-state index >= 15 is 0 Å². The van der Waals surface area contributed by atoms with Crippen molar-refractivity contribution in [2.24, 2.45) is 10.8 Å². The fourth-order valence-corrected chi connectivity index (χ4v) is 2.44. The van der Waals surface area contributed by atoms with Gasteiger partial charge in [0.05, 0.1) is 0 Å². The van der Waals surface area contributed by atoms with Crippen LogP contribution in [0.4, 0.5) is 0 Å². The number of hydrogen-bond donors (Lipinski definition) is 1. The molecule has 96 valence electrons. The zero-order valence-corrected chi connectivity index (χ0v) is 11.9. The van der Waals surface area contributed by atoms with E-state index in [-0.39, 0.29) is 0 Å². The fourth-order valence-electron chi connectivity index (χ4n) is 2.44. The predicted molar refractivity (Wildman–Crippen MR) is 71.8 cm³/mol. The lowest BCUT2D eigenvalue weighted by atomic mass is 9.81. The van der Waals surface area contributed by atoms with Crippen LogP contribution in [0.5, 0.6) is 0 Å². The first-order valence-corrected chi connectivity index (χ1v) is 6.78. The molecule has 0 radical (unpaired) electrons. The molecular weight excluding hydrogens is 196 g/mol. The molecule has 1 fully saturated rings. The average Bonchev–Trinajstić information content (AvgIpc) is 2.18. The van der Waals surface area contributed by atoms with Crippen LogP contribution in [0.25, 0.3) is 0 Å². The topological polar surface area (TPSA) is 15.3 Å². The molecule has 2 heteroatoms. The van der Waals surface area contributed by atoms with Gasteiger partial charge in [0.15, 0.2) is 0 Å². The van der Waals surface area contributed by atoms with Crippen LogP contribution in [0, 0.1) is 10.8 Å². The Morgan fingerprint density at radius 1 is 1.19 bits per heavy atom. The summed E-state index contributed by atoms with van der Waals surface area (Å²) < 4.78 is 0. The highest BCUT2D eigenvalue weighted by molar-refractivity contribution is 4.83. The van der Waals surface area contributed by atoms with E-state index < -0.39 is 0 Å². The molecule has 2 nitrogen and oxygen atoms in total. The van der Waals surface area contributed by atoms with E-state index in [1.165, 1.54) is 32.5 Å². The van der Waals surface area contributed by atoms with E-state index in [0.29, 0.717) is 10.8 Å². The maximum absolute atomic E-state index is 3.47. The average molecular weight is 226 g/mol. The molecule has 1 aliphatic heterocycles. The van der Waals surface area contributed by atoms with Gasteiger partial charge in [0.25, 0.3) is 0 Å². The van der Waals surface area contributed by atoms with E-state index in [0.717, 1.165) is 13.1 Å². The summed E-state index contributed by atoms with van der Waals surface area (Å²) in [6, 6.07) is 0. The van der Waals surface area contributed by atoms with Gasteiger partial charge < -0.3 is 10.2 Å². The van der Waals surface area contributed by atoms with E-state index in [2.05, 4.69) is 44.8 Å². The second-order valence-corrected chi connectivity index (χ2v) is 6.88. The number of hydrogen-bond acceptors (Lipinski definition) is 2. The molecule has 0 aliphatic carbocycles. The van der Waals surface area contributed by atoms with Gasteiger partial charge in [-0.15, -0.1) is 0 Å². The van der Waals surface area contributed by atoms with Gasteiger partial charge in [-0.3, -0.25) is 0 Å². The number of nitrogens with one attached hydrogen (secondary N) is 1. The van der Waals surface area contributed by atoms with Crippen molar-refractivity contribution >= 4 is 0 Å². The molecule has 0 aromatic rings. The molecule has 16 heavy (non-hydrogen) atoms. The zero-order chi connectivity index (χ0) is 12.2. The van der Waals surface area contributed by atoms with Crippen molar-refractivity contribution < 1.29 is 0 Å². The first-order chi connectivity index (χ1) is 7.35. The third kappa shape index (κ3) is 4.84. The molecule has 0 unspecified atom stereocenters. The van der Waals surface area contributed by atoms with Gasteiger partial charge in [-0.05, 0) is 43.3 Å². The maximum Gasteiger partial charge on any atom is 0.00448 e. The van der Waals surface area contributed by atoms with Crippen LogP contribution in [0.3, 0.4) is 0 Å². The molecule has 0 atom stereocenters. The normalized spacial score (nSPS) is 22.3. The third-order valence-corrected chi connectivity index (χ3v) is 3.71. The minimum absolute atomic E-state index is 0.400. The standard InChI is InChI=1S/C14H30N2/c1-6-15-11-14(4,5)12-16-9-7-13(2,3)8-10-16/h15H,6-12H2,1-5H3. The Labute approximate surface area is 102 Å². The van der Waals surface area contributed by atoms with Crippen molar-refractivity contribution in [1.29, 1.82) is 0 Å². The molecule has 1 aliphatic rings. The van der Waals surface area contributed by atoms with E-state index in [9.17, 15) is 0 Å². The van der Waals surface area contributed by atoms with Gasteiger partial charge >= 0.3 is 0 Å². The van der Waals surface area contributed by atoms with Crippen LogP contribution < -0.4 is 5.32 Å². The number of rotatable bonds is 5. The minimum atomic E-state index is 0.400. The maximum atomic E-state index is 3.47. The van der Waals surface area contributed by atoms with Crippen LogP contribution in [0.2, 0.25) is 0 Å². The Bertz CT molecular complexity index is 199. The van der Waals surface area contributed by atoms with E-state index in [4.69, 9.17) is 0 Å². The Balaban J connectivity index is 2.32. The number of likely N-dealkylation sites (tertiary alicyclic amines) is 1. The largest absolute Gasteiger partial charge is 0.316 e. The Kier molecular flexibility index (Phi) is 4.81. The van der Waals surface area contributed by atoms with Crippen LogP contribution in [0.15, 0.2) is 0 Å². The third-order valence-electron chi connectivity index (χ3n) is 3.71. The van der Waals surface area contributed by atoms with Crippen molar-refractivity contribution in [3.8, 4) is 0 Å². The SMILES string of the molecule is CCNCC(C)(C)CN1CCC(C)(C)CC1. The molecule has 0 bridgehead atoms. The molecule has 0 aromatic heterocycles. The minimum Gasteiger partial charge on any atom is -0.316 e. The molecule has 0 saturated carbocycles. The van der Waals surface area contributed by atoms with Gasteiger partial charge in [0, 0.05) is 13.1 Å². The van der Waals surface area contributed by atoms with Crippen LogP contribution in [-0.2, 0) is 0 Å². The van der Waals surface area contributed by atoms with Gasteiger partial charge in [-0.1, -0.05) is 34.6 Å². The fraction of sp³-hybridized carbons (Fsp3) is 1.00. The summed E-state index contributed by atoms with van der Waals surface area (Å²) in [6.07, 6.45) is 2.70. The monoisotopic (exact) mass is 226 g/mol. The molecule has 0 amide bonds. The lowest BCUT2D eigenvalue weighted by molar-refractivity contribution is 0.0946. The molecular formula is C14H30N2. The highest BCUT2D eigenvalue weighted by Crippen LogP contribution is 2.31. The predicted octanol–water partition coefficient (Wildman–Crippen LogP) is 2.74. The van der Waals surface area contributed by atoms with E-state index in [1.54, 1.807) is 0 Å². The Morgan fingerprint density at radius 3 is 2.25 bits per heavy atom. The van der Waals surface area contributed by atoms with Crippen molar-refractivity contribution in [3.63, 3.8) is 0 Å². The summed E-state index contributed by atoms with van der Waals surface area (Å²) in [5, 5.41) is 3.47. The zero-order valence-electron chi connectivity index (χ0n) is 11.9. The summed E-state index contributed by atoms with van der Waals surface area (Å²) in [6.45, 7) is 17.7. The second-order valence-electron chi connectivity index (χ2n) is 6.88. The Hall–Kier alpha value is -0.0800. The van der Waals surface area contributed by atoms with E-state index in [1.807, 2.05) is 0 Å². The smallest absolute Gasteiger partial charge is 0.00448 e. The number of nitrogens with zero attached hydrogens (tertiary/aromatic N) is 1. The van der Waals surface area contributed by atoms with Crippen molar-refractivity contribution in [2.75, 3.05) is 32.7 Å². The molecule has 0 aromatic carbocycles. The van der Waals surface area contributed by atoms with Gasteiger partial charge in [-0.25, -0.2) is 0 Å². The van der Waals surface area contributed by atoms with Crippen LogP contribution >= 0.6 is 0 Å². The van der Waals surface area contributed by atoms with Gasteiger partial charge in [0.2, 0.25) is 0 Å². The van der Waals surface area contributed by atoms with Crippen molar-refractivity contribution in [1.82, 2.24) is 10.2 Å². The first kappa shape index (κ1) is 14.0. The highest BCUT2D eigenvalue weighted by atomic mass is 15.1. The quantitative estimate of drug-likeness (QED) is 0.775. The lowest BCUT2D eigenvalue weighted by Crippen LogP contribution is -2.45. The van der Waals surface area contributed by atoms with Crippen LogP contribution in [0.1, 0.15) is 47.5 Å². The summed E-state index contributed by atoms with van der Waals surface area (Å²) in [7, 11) is 0. The summed E-state index contributed by atoms with van der Waals surface area (Å²) in [4.78, 5) is 2.64. The molecule has 0 spiro atoms. The van der Waals surface area contributed by atoms with Crippen LogP contribution in [-0.4, -0.2) is 37.6 Å². The summed E-state index contributed by atoms with van der Waals surface area (Å²) in [5.74, 6) is 0. The lowest BCUT2D eigenvalue weighted by Gasteiger charge is -2.40. The molecule has 1 N–H and O–H groups in total. The second kappa shape index (κ2) is 5.50. The summed E-state index contributed by atoms with van der Waals surface area (Å²) >= 11 is 0. The summed E-state index contributed by atoms with van der Waals surface area (Å²) in [5.41, 5.74) is 0.972. The van der Waals surface area contributed by atoms with Crippen molar-refractivity contribution in [3.05, 3.63) is 0 Å². The molecule has 1 heterocycles. The molecule has 1 saturated heterocycles. The Morgan fingerprint density at radius 2 is 1.75 bits per heavy atom. The number of piperidine rings is 1. The highest BCUT2D eigenvalue weighted by Gasteiger charge is 2.28. The van der Waals surface area contributed by atoms with Gasteiger partial charge in [0.1, 0.15) is 0 Å². The first-order valence-electron chi connectivity index (χ1n) is 6.78. The molecule has 1 rings (SSSR count). The van der Waals surface area contributed by atoms with Crippen molar-refractivity contribution in [2.45, 2.75) is 47.5 Å².